The molecule has 0 unspecified atom stereocenters. The van der Waals surface area contributed by atoms with Crippen molar-refractivity contribution in [2.24, 2.45) is 5.73 Å². The van der Waals surface area contributed by atoms with Crippen molar-refractivity contribution in [2.75, 3.05) is 26.7 Å². The number of hydrogen-bond acceptors (Lipinski definition) is 3. The van der Waals surface area contributed by atoms with Crippen LogP contribution in [0.4, 0.5) is 0 Å². The maximum atomic E-state index is 5.37. The van der Waals surface area contributed by atoms with Crippen molar-refractivity contribution in [2.45, 2.75) is 26.2 Å². The molecule has 0 aliphatic rings. The average Bonchev–Trinajstić information content (AvgIpc) is 2.04. The molecule has 0 aliphatic carbocycles. The van der Waals surface area contributed by atoms with Gasteiger partial charge in [0.1, 0.15) is 0 Å². The van der Waals surface area contributed by atoms with E-state index in [4.69, 9.17) is 5.73 Å². The van der Waals surface area contributed by atoms with E-state index in [1.807, 2.05) is 0 Å². The molecule has 3 heteroatoms. The van der Waals surface area contributed by atoms with Crippen LogP contribution in [0.1, 0.15) is 26.2 Å². The summed E-state index contributed by atoms with van der Waals surface area (Å²) in [7, 11) is 2.06. The van der Waals surface area contributed by atoms with Crippen molar-refractivity contribution in [1.29, 1.82) is 0 Å². The largest absolute Gasteiger partial charge is 0.330 e. The normalized spacial score (nSPS) is 10.9. The van der Waals surface area contributed by atoms with E-state index in [0.717, 1.165) is 26.1 Å². The van der Waals surface area contributed by atoms with Crippen LogP contribution in [0.15, 0.2) is 0 Å². The summed E-state index contributed by atoms with van der Waals surface area (Å²) in [6.45, 7) is 5.08. The summed E-state index contributed by atoms with van der Waals surface area (Å²) >= 11 is 0. The molecule has 3 N–H and O–H groups in total. The van der Waals surface area contributed by atoms with Gasteiger partial charge >= 0.3 is 0 Å². The topological polar surface area (TPSA) is 41.3 Å². The van der Waals surface area contributed by atoms with Gasteiger partial charge in [-0.25, -0.2) is 5.01 Å². The molecule has 3 nitrogen and oxygen atoms in total. The Bertz CT molecular complexity index is 75.7. The lowest BCUT2D eigenvalue weighted by Gasteiger charge is -2.14. The third kappa shape index (κ3) is 7.78. The van der Waals surface area contributed by atoms with Gasteiger partial charge in [0.2, 0.25) is 0 Å². The highest BCUT2D eigenvalue weighted by Gasteiger charge is 1.91. The molecule has 0 rings (SSSR count). The van der Waals surface area contributed by atoms with Gasteiger partial charge in [0.15, 0.2) is 0 Å². The molecule has 0 saturated carbocycles. The zero-order chi connectivity index (χ0) is 8.53. The van der Waals surface area contributed by atoms with Crippen molar-refractivity contribution < 1.29 is 0 Å². The Labute approximate surface area is 69.9 Å². The molecular formula is C8H21N3. The SMILES string of the molecule is CCN(C)NCCCCCN. The standard InChI is InChI=1S/C8H21N3/c1-3-11(2)10-8-6-4-5-7-9/h10H,3-9H2,1-2H3. The van der Waals surface area contributed by atoms with Gasteiger partial charge < -0.3 is 5.73 Å². The lowest BCUT2D eigenvalue weighted by atomic mass is 10.2. The number of nitrogens with one attached hydrogen (secondary N) is 1. The smallest absolute Gasteiger partial charge is 0.0102 e. The van der Waals surface area contributed by atoms with Gasteiger partial charge in [-0.05, 0) is 19.4 Å². The molecule has 0 fully saturated rings. The number of nitrogens with two attached hydrogens (primary N) is 1. The second-order valence-corrected chi connectivity index (χ2v) is 2.77. The molecule has 0 heterocycles. The number of hydrogen-bond donors (Lipinski definition) is 2. The average molecular weight is 159 g/mol. The number of hydrazine groups is 1. The van der Waals surface area contributed by atoms with Crippen LogP contribution < -0.4 is 11.2 Å². The van der Waals surface area contributed by atoms with E-state index in [1.165, 1.54) is 12.8 Å². The van der Waals surface area contributed by atoms with Crippen LogP contribution in [-0.4, -0.2) is 31.7 Å². The summed E-state index contributed by atoms with van der Waals surface area (Å²) < 4.78 is 0. The van der Waals surface area contributed by atoms with E-state index in [2.05, 4.69) is 24.4 Å². The maximum Gasteiger partial charge on any atom is 0.0102 e. The summed E-state index contributed by atoms with van der Waals surface area (Å²) in [4.78, 5) is 0. The molecule has 0 atom stereocenters. The molecule has 11 heavy (non-hydrogen) atoms. The number of nitrogens with zero attached hydrogens (tertiary/aromatic N) is 1. The van der Waals surface area contributed by atoms with Crippen LogP contribution >= 0.6 is 0 Å². The van der Waals surface area contributed by atoms with Crippen LogP contribution in [0.2, 0.25) is 0 Å². The molecule has 0 aliphatic heterocycles. The van der Waals surface area contributed by atoms with Gasteiger partial charge in [0.25, 0.3) is 0 Å². The molecule has 0 saturated heterocycles. The Morgan fingerprint density at radius 3 is 2.55 bits per heavy atom. The van der Waals surface area contributed by atoms with Gasteiger partial charge in [0.05, 0.1) is 0 Å². The Hall–Kier alpha value is -0.120. The molecule has 0 aromatic rings. The second-order valence-electron chi connectivity index (χ2n) is 2.77. The molecule has 68 valence electrons. The van der Waals surface area contributed by atoms with E-state index in [1.54, 1.807) is 0 Å². The van der Waals surface area contributed by atoms with E-state index < -0.39 is 0 Å². The molecule has 0 amide bonds. The molecule has 0 aromatic carbocycles. The summed E-state index contributed by atoms with van der Waals surface area (Å²) in [5.41, 5.74) is 8.65. The monoisotopic (exact) mass is 159 g/mol. The molecule has 0 aromatic heterocycles. The first-order valence-electron chi connectivity index (χ1n) is 4.46. The second kappa shape index (κ2) is 7.98. The fraction of sp³-hybridized carbons (Fsp3) is 1.00. The highest BCUT2D eigenvalue weighted by Crippen LogP contribution is 1.90. The van der Waals surface area contributed by atoms with Crippen LogP contribution in [0.25, 0.3) is 0 Å². The van der Waals surface area contributed by atoms with Crippen molar-refractivity contribution >= 4 is 0 Å². The summed E-state index contributed by atoms with van der Waals surface area (Å²) in [5.74, 6) is 0. The third-order valence-corrected chi connectivity index (χ3v) is 1.74. The predicted octanol–water partition coefficient (Wildman–Crippen LogP) is 0.572. The molecule has 0 bridgehead atoms. The molecule has 0 radical (unpaired) electrons. The highest BCUT2D eigenvalue weighted by molar-refractivity contribution is 4.45. The predicted molar refractivity (Wildman–Crippen MR) is 49.2 cm³/mol. The molecule has 0 spiro atoms. The van der Waals surface area contributed by atoms with Crippen molar-refractivity contribution in [3.8, 4) is 0 Å². The van der Waals surface area contributed by atoms with E-state index in [-0.39, 0.29) is 0 Å². The zero-order valence-electron chi connectivity index (χ0n) is 7.77. The van der Waals surface area contributed by atoms with E-state index >= 15 is 0 Å². The summed E-state index contributed by atoms with van der Waals surface area (Å²) in [6, 6.07) is 0. The Morgan fingerprint density at radius 2 is 2.00 bits per heavy atom. The Balaban J connectivity index is 2.89. The van der Waals surface area contributed by atoms with E-state index in [9.17, 15) is 0 Å². The van der Waals surface area contributed by atoms with Crippen LogP contribution in [-0.2, 0) is 0 Å². The van der Waals surface area contributed by atoms with Crippen molar-refractivity contribution in [3.05, 3.63) is 0 Å². The quantitative estimate of drug-likeness (QED) is 0.421. The number of rotatable bonds is 7. The summed E-state index contributed by atoms with van der Waals surface area (Å²) in [6.07, 6.45) is 3.61. The third-order valence-electron chi connectivity index (χ3n) is 1.74. The van der Waals surface area contributed by atoms with Gasteiger partial charge in [-0.1, -0.05) is 13.3 Å². The molecular weight excluding hydrogens is 138 g/mol. The van der Waals surface area contributed by atoms with Gasteiger partial charge in [-0.15, -0.1) is 0 Å². The first-order valence-corrected chi connectivity index (χ1v) is 4.46. The zero-order valence-corrected chi connectivity index (χ0v) is 7.77. The van der Waals surface area contributed by atoms with Crippen LogP contribution in [0.5, 0.6) is 0 Å². The minimum Gasteiger partial charge on any atom is -0.330 e. The minimum atomic E-state index is 0.823. The Morgan fingerprint density at radius 1 is 1.27 bits per heavy atom. The van der Waals surface area contributed by atoms with Gasteiger partial charge in [-0.2, -0.15) is 0 Å². The maximum absolute atomic E-state index is 5.37. The number of unbranched alkanes of at least 4 members (excludes halogenated alkanes) is 2. The van der Waals surface area contributed by atoms with Crippen molar-refractivity contribution in [1.82, 2.24) is 10.4 Å². The lowest BCUT2D eigenvalue weighted by Crippen LogP contribution is -2.34. The first kappa shape index (κ1) is 10.9. The fourth-order valence-electron chi connectivity index (χ4n) is 0.828. The lowest BCUT2D eigenvalue weighted by molar-refractivity contribution is 0.245. The van der Waals surface area contributed by atoms with Crippen molar-refractivity contribution in [3.63, 3.8) is 0 Å². The highest BCUT2D eigenvalue weighted by atomic mass is 15.5. The minimum absolute atomic E-state index is 0.823. The Kier molecular flexibility index (Phi) is 7.89. The van der Waals surface area contributed by atoms with Crippen LogP contribution in [0, 0.1) is 0 Å². The fourth-order valence-corrected chi connectivity index (χ4v) is 0.828. The first-order chi connectivity index (χ1) is 5.31. The van der Waals surface area contributed by atoms with Gasteiger partial charge in [-0.3, -0.25) is 5.43 Å². The van der Waals surface area contributed by atoms with E-state index in [0.29, 0.717) is 0 Å². The van der Waals surface area contributed by atoms with Crippen LogP contribution in [0.3, 0.4) is 0 Å². The summed E-state index contributed by atoms with van der Waals surface area (Å²) in [5, 5.41) is 2.10. The van der Waals surface area contributed by atoms with Gasteiger partial charge in [0, 0.05) is 20.1 Å².